The summed E-state index contributed by atoms with van der Waals surface area (Å²) in [7, 11) is 1.67. The molecule has 18 heavy (non-hydrogen) atoms. The van der Waals surface area contributed by atoms with Gasteiger partial charge in [0.25, 0.3) is 0 Å². The SMILES string of the molecule is COc1ccc(C2CCCNC2)n2nc(C)nc12. The number of nitrogens with one attached hydrogen (secondary N) is 1. The fourth-order valence-corrected chi connectivity index (χ4v) is 2.63. The Bertz CT molecular complexity index is 557. The van der Waals surface area contributed by atoms with Gasteiger partial charge in [-0.25, -0.2) is 9.50 Å². The highest BCUT2D eigenvalue weighted by Crippen LogP contribution is 2.27. The zero-order valence-electron chi connectivity index (χ0n) is 10.8. The van der Waals surface area contributed by atoms with Crippen molar-refractivity contribution in [2.24, 2.45) is 0 Å². The van der Waals surface area contributed by atoms with Crippen molar-refractivity contribution in [3.63, 3.8) is 0 Å². The molecule has 0 amide bonds. The second-order valence-electron chi connectivity index (χ2n) is 4.76. The standard InChI is InChI=1S/C13H18N4O/c1-9-15-13-12(18-2)6-5-11(17(13)16-9)10-4-3-7-14-8-10/h5-6,10,14H,3-4,7-8H2,1-2H3. The van der Waals surface area contributed by atoms with Gasteiger partial charge in [-0.05, 0) is 38.4 Å². The number of rotatable bonds is 2. The van der Waals surface area contributed by atoms with Crippen LogP contribution in [-0.2, 0) is 0 Å². The summed E-state index contributed by atoms with van der Waals surface area (Å²) in [5.41, 5.74) is 2.04. The predicted molar refractivity (Wildman–Crippen MR) is 69.1 cm³/mol. The number of hydrogen-bond acceptors (Lipinski definition) is 4. The molecular formula is C13H18N4O. The van der Waals surface area contributed by atoms with Gasteiger partial charge in [0.1, 0.15) is 5.82 Å². The van der Waals surface area contributed by atoms with E-state index in [1.54, 1.807) is 7.11 Å². The molecule has 5 nitrogen and oxygen atoms in total. The lowest BCUT2D eigenvalue weighted by molar-refractivity contribution is 0.413. The maximum Gasteiger partial charge on any atom is 0.198 e. The molecule has 2 aromatic heterocycles. The number of fused-ring (bicyclic) bond motifs is 1. The molecular weight excluding hydrogens is 228 g/mol. The van der Waals surface area contributed by atoms with Gasteiger partial charge >= 0.3 is 0 Å². The Morgan fingerprint density at radius 1 is 1.44 bits per heavy atom. The van der Waals surface area contributed by atoms with Crippen molar-refractivity contribution in [3.8, 4) is 5.75 Å². The quantitative estimate of drug-likeness (QED) is 0.872. The number of piperidine rings is 1. The Hall–Kier alpha value is -1.62. The molecule has 1 fully saturated rings. The molecule has 0 bridgehead atoms. The Labute approximate surface area is 106 Å². The predicted octanol–water partition coefficient (Wildman–Crippen LogP) is 1.51. The number of pyridine rings is 1. The summed E-state index contributed by atoms with van der Waals surface area (Å²) < 4.78 is 7.28. The van der Waals surface area contributed by atoms with Crippen molar-refractivity contribution >= 4 is 5.65 Å². The summed E-state index contributed by atoms with van der Waals surface area (Å²) in [6.07, 6.45) is 2.42. The summed E-state index contributed by atoms with van der Waals surface area (Å²) in [5.74, 6) is 2.07. The summed E-state index contributed by atoms with van der Waals surface area (Å²) >= 11 is 0. The second kappa shape index (κ2) is 4.57. The third kappa shape index (κ3) is 1.84. The van der Waals surface area contributed by atoms with Crippen LogP contribution >= 0.6 is 0 Å². The van der Waals surface area contributed by atoms with Crippen LogP contribution in [0.4, 0.5) is 0 Å². The highest BCUT2D eigenvalue weighted by molar-refractivity contribution is 5.54. The summed E-state index contributed by atoms with van der Waals surface area (Å²) in [5, 5.41) is 7.94. The van der Waals surface area contributed by atoms with Crippen molar-refractivity contribution in [1.29, 1.82) is 0 Å². The number of aryl methyl sites for hydroxylation is 1. The lowest BCUT2D eigenvalue weighted by atomic mass is 9.95. The minimum atomic E-state index is 0.508. The van der Waals surface area contributed by atoms with E-state index in [-0.39, 0.29) is 0 Å². The van der Waals surface area contributed by atoms with Crippen LogP contribution in [0.2, 0.25) is 0 Å². The fourth-order valence-electron chi connectivity index (χ4n) is 2.63. The zero-order valence-corrected chi connectivity index (χ0v) is 10.8. The Kier molecular flexibility index (Phi) is 2.91. The molecule has 5 heteroatoms. The molecule has 1 atom stereocenters. The van der Waals surface area contributed by atoms with Gasteiger partial charge in [-0.3, -0.25) is 0 Å². The van der Waals surface area contributed by atoms with E-state index in [0.29, 0.717) is 5.92 Å². The fraction of sp³-hybridized carbons (Fsp3) is 0.538. The number of ether oxygens (including phenoxy) is 1. The monoisotopic (exact) mass is 246 g/mol. The van der Waals surface area contributed by atoms with Gasteiger partial charge in [-0.2, -0.15) is 5.10 Å². The summed E-state index contributed by atoms with van der Waals surface area (Å²) in [6.45, 7) is 4.04. The average molecular weight is 246 g/mol. The van der Waals surface area contributed by atoms with Crippen molar-refractivity contribution in [2.45, 2.75) is 25.7 Å². The van der Waals surface area contributed by atoms with Crippen LogP contribution in [0.15, 0.2) is 12.1 Å². The molecule has 0 spiro atoms. The smallest absolute Gasteiger partial charge is 0.198 e. The molecule has 2 aromatic rings. The lowest BCUT2D eigenvalue weighted by Crippen LogP contribution is -2.29. The van der Waals surface area contributed by atoms with E-state index in [1.165, 1.54) is 18.5 Å². The maximum atomic E-state index is 5.34. The third-order valence-corrected chi connectivity index (χ3v) is 3.52. The van der Waals surface area contributed by atoms with Crippen LogP contribution in [-0.4, -0.2) is 34.8 Å². The first-order valence-electron chi connectivity index (χ1n) is 6.40. The van der Waals surface area contributed by atoms with Crippen molar-refractivity contribution in [3.05, 3.63) is 23.7 Å². The average Bonchev–Trinajstić information content (AvgIpc) is 2.80. The van der Waals surface area contributed by atoms with Gasteiger partial charge in [-0.1, -0.05) is 0 Å². The summed E-state index contributed by atoms with van der Waals surface area (Å²) in [4.78, 5) is 4.45. The minimum Gasteiger partial charge on any atom is -0.493 e. The maximum absolute atomic E-state index is 5.34. The van der Waals surface area contributed by atoms with E-state index in [9.17, 15) is 0 Å². The topological polar surface area (TPSA) is 51.5 Å². The zero-order chi connectivity index (χ0) is 12.5. The van der Waals surface area contributed by atoms with Crippen LogP contribution in [0.25, 0.3) is 5.65 Å². The van der Waals surface area contributed by atoms with Crippen molar-refractivity contribution in [2.75, 3.05) is 20.2 Å². The molecule has 1 N–H and O–H groups in total. The molecule has 0 radical (unpaired) electrons. The molecule has 1 aliphatic heterocycles. The van der Waals surface area contributed by atoms with Crippen molar-refractivity contribution < 1.29 is 4.74 Å². The van der Waals surface area contributed by atoms with Gasteiger partial charge in [0, 0.05) is 18.2 Å². The van der Waals surface area contributed by atoms with Crippen LogP contribution < -0.4 is 10.1 Å². The van der Waals surface area contributed by atoms with Crippen LogP contribution in [0.5, 0.6) is 5.75 Å². The van der Waals surface area contributed by atoms with E-state index >= 15 is 0 Å². The van der Waals surface area contributed by atoms with E-state index in [2.05, 4.69) is 21.5 Å². The molecule has 1 unspecified atom stereocenters. The van der Waals surface area contributed by atoms with E-state index in [1.807, 2.05) is 17.5 Å². The Balaban J connectivity index is 2.11. The van der Waals surface area contributed by atoms with Crippen LogP contribution in [0, 0.1) is 6.92 Å². The first-order valence-corrected chi connectivity index (χ1v) is 6.40. The van der Waals surface area contributed by atoms with Crippen LogP contribution in [0.1, 0.15) is 30.3 Å². The molecule has 0 aromatic carbocycles. The molecule has 1 saturated heterocycles. The highest BCUT2D eigenvalue weighted by atomic mass is 16.5. The number of aromatic nitrogens is 3. The molecule has 96 valence electrons. The van der Waals surface area contributed by atoms with E-state index < -0.39 is 0 Å². The van der Waals surface area contributed by atoms with Gasteiger partial charge in [0.05, 0.1) is 7.11 Å². The Morgan fingerprint density at radius 3 is 3.06 bits per heavy atom. The van der Waals surface area contributed by atoms with Gasteiger partial charge in [-0.15, -0.1) is 0 Å². The molecule has 3 rings (SSSR count). The number of methoxy groups -OCH3 is 1. The Morgan fingerprint density at radius 2 is 2.33 bits per heavy atom. The molecule has 3 heterocycles. The number of hydrogen-bond donors (Lipinski definition) is 1. The first kappa shape index (κ1) is 11.5. The van der Waals surface area contributed by atoms with Crippen molar-refractivity contribution in [1.82, 2.24) is 19.9 Å². The third-order valence-electron chi connectivity index (χ3n) is 3.52. The molecule has 1 aliphatic rings. The minimum absolute atomic E-state index is 0.508. The highest BCUT2D eigenvalue weighted by Gasteiger charge is 2.20. The first-order chi connectivity index (χ1) is 8.79. The van der Waals surface area contributed by atoms with E-state index in [4.69, 9.17) is 4.74 Å². The lowest BCUT2D eigenvalue weighted by Gasteiger charge is -2.23. The van der Waals surface area contributed by atoms with Gasteiger partial charge in [0.15, 0.2) is 11.4 Å². The largest absolute Gasteiger partial charge is 0.493 e. The van der Waals surface area contributed by atoms with E-state index in [0.717, 1.165) is 30.3 Å². The van der Waals surface area contributed by atoms with Crippen LogP contribution in [0.3, 0.4) is 0 Å². The second-order valence-corrected chi connectivity index (χ2v) is 4.76. The van der Waals surface area contributed by atoms with Gasteiger partial charge < -0.3 is 10.1 Å². The summed E-state index contributed by atoms with van der Waals surface area (Å²) in [6, 6.07) is 4.10. The van der Waals surface area contributed by atoms with Gasteiger partial charge in [0.2, 0.25) is 0 Å². The normalized spacial score (nSPS) is 20.2. The molecule has 0 saturated carbocycles. The number of nitrogens with zero attached hydrogens (tertiary/aromatic N) is 3. The molecule has 0 aliphatic carbocycles.